The Morgan fingerprint density at radius 3 is 2.44 bits per heavy atom. The van der Waals surface area contributed by atoms with Crippen molar-refractivity contribution in [2.75, 3.05) is 20.0 Å². The molecular weight excluding hydrogens is 472 g/mol. The van der Waals surface area contributed by atoms with Crippen molar-refractivity contribution in [3.05, 3.63) is 83.4 Å². The Morgan fingerprint density at radius 1 is 0.971 bits per heavy atom. The summed E-state index contributed by atoms with van der Waals surface area (Å²) in [4.78, 5) is 12.5. The molecule has 0 saturated heterocycles. The number of amides is 1. The highest BCUT2D eigenvalue weighted by Crippen LogP contribution is 2.33. The number of halogens is 1. The molecule has 0 fully saturated rings. The first-order valence-corrected chi connectivity index (χ1v) is 11.8. The summed E-state index contributed by atoms with van der Waals surface area (Å²) in [6.07, 6.45) is 0. The van der Waals surface area contributed by atoms with E-state index in [2.05, 4.69) is 15.5 Å². The van der Waals surface area contributed by atoms with Gasteiger partial charge in [-0.25, -0.2) is 0 Å². The van der Waals surface area contributed by atoms with Crippen LogP contribution in [0.3, 0.4) is 0 Å². The number of carbonyl (C=O) groups excluding carboxylic acids is 1. The summed E-state index contributed by atoms with van der Waals surface area (Å²) < 4.78 is 12.7. The fraction of sp³-hybridized carbons (Fsp3) is 0.160. The van der Waals surface area contributed by atoms with E-state index in [4.69, 9.17) is 21.1 Å². The largest absolute Gasteiger partial charge is 0.497 e. The van der Waals surface area contributed by atoms with Gasteiger partial charge in [0.05, 0.1) is 31.2 Å². The lowest BCUT2D eigenvalue weighted by Crippen LogP contribution is -2.24. The lowest BCUT2D eigenvalue weighted by molar-refractivity contribution is -0.118. The fourth-order valence-electron chi connectivity index (χ4n) is 3.35. The lowest BCUT2D eigenvalue weighted by atomic mass is 10.2. The molecule has 1 N–H and O–H groups in total. The van der Waals surface area contributed by atoms with Crippen LogP contribution in [0.4, 0.5) is 0 Å². The molecule has 1 heterocycles. The van der Waals surface area contributed by atoms with Crippen molar-refractivity contribution in [1.82, 2.24) is 20.1 Å². The van der Waals surface area contributed by atoms with Gasteiger partial charge in [0.2, 0.25) is 5.91 Å². The van der Waals surface area contributed by atoms with Crippen LogP contribution in [0.25, 0.3) is 17.1 Å². The minimum Gasteiger partial charge on any atom is -0.497 e. The number of rotatable bonds is 9. The molecule has 0 saturated carbocycles. The molecule has 0 aliphatic rings. The smallest absolute Gasteiger partial charge is 0.230 e. The van der Waals surface area contributed by atoms with Gasteiger partial charge >= 0.3 is 0 Å². The van der Waals surface area contributed by atoms with Gasteiger partial charge in [0, 0.05) is 11.6 Å². The number of aromatic nitrogens is 3. The SMILES string of the molecule is COc1ccc(-n2c(SCC(=O)NCc3ccccc3Cl)nnc2-c2ccccc2OC)cc1. The van der Waals surface area contributed by atoms with Crippen molar-refractivity contribution in [2.24, 2.45) is 0 Å². The Bertz CT molecular complexity index is 1280. The number of nitrogens with one attached hydrogen (secondary N) is 1. The summed E-state index contributed by atoms with van der Waals surface area (Å²) in [5, 5.41) is 12.9. The van der Waals surface area contributed by atoms with E-state index in [0.717, 1.165) is 22.6 Å². The molecule has 0 unspecified atom stereocenters. The Kier molecular flexibility index (Phi) is 7.72. The van der Waals surface area contributed by atoms with Gasteiger partial charge in [-0.2, -0.15) is 0 Å². The molecule has 0 aliphatic carbocycles. The van der Waals surface area contributed by atoms with E-state index in [1.807, 2.05) is 71.3 Å². The van der Waals surface area contributed by atoms with Crippen LogP contribution in [0.2, 0.25) is 5.02 Å². The number of hydrogen-bond donors (Lipinski definition) is 1. The number of nitrogens with zero attached hydrogens (tertiary/aromatic N) is 3. The van der Waals surface area contributed by atoms with Gasteiger partial charge in [-0.1, -0.05) is 53.7 Å². The van der Waals surface area contributed by atoms with E-state index in [9.17, 15) is 4.79 Å². The van der Waals surface area contributed by atoms with E-state index < -0.39 is 0 Å². The molecule has 9 heteroatoms. The molecule has 1 aromatic heterocycles. The zero-order valence-corrected chi connectivity index (χ0v) is 20.3. The first-order valence-electron chi connectivity index (χ1n) is 10.5. The molecule has 0 bridgehead atoms. The number of carbonyl (C=O) groups is 1. The first kappa shape index (κ1) is 23.7. The van der Waals surface area contributed by atoms with Crippen molar-refractivity contribution in [3.8, 4) is 28.6 Å². The third-order valence-corrected chi connectivity index (χ3v) is 6.38. The van der Waals surface area contributed by atoms with Gasteiger partial charge in [-0.05, 0) is 48.0 Å². The second-order valence-electron chi connectivity index (χ2n) is 7.20. The molecule has 0 atom stereocenters. The van der Waals surface area contributed by atoms with E-state index in [0.29, 0.717) is 28.3 Å². The third kappa shape index (κ3) is 5.35. The molecule has 174 valence electrons. The standard InChI is InChI=1S/C25H23ClN4O3S/c1-32-19-13-11-18(12-14-19)30-24(20-8-4-6-10-22(20)33-2)28-29-25(30)34-16-23(31)27-15-17-7-3-5-9-21(17)26/h3-14H,15-16H2,1-2H3,(H,27,31). The minimum atomic E-state index is -0.131. The van der Waals surface area contributed by atoms with Crippen LogP contribution in [0.5, 0.6) is 11.5 Å². The summed E-state index contributed by atoms with van der Waals surface area (Å²) >= 11 is 7.48. The highest BCUT2D eigenvalue weighted by atomic mass is 35.5. The van der Waals surface area contributed by atoms with Crippen LogP contribution in [0.1, 0.15) is 5.56 Å². The number of benzene rings is 3. The van der Waals surface area contributed by atoms with Gasteiger partial charge in [0.25, 0.3) is 0 Å². The molecule has 0 aliphatic heterocycles. The van der Waals surface area contributed by atoms with Crippen molar-refractivity contribution in [2.45, 2.75) is 11.7 Å². The van der Waals surface area contributed by atoms with Crippen LogP contribution in [0.15, 0.2) is 78.0 Å². The second-order valence-corrected chi connectivity index (χ2v) is 8.55. The summed E-state index contributed by atoms with van der Waals surface area (Å²) in [7, 11) is 3.24. The number of para-hydroxylation sites is 1. The van der Waals surface area contributed by atoms with Crippen LogP contribution < -0.4 is 14.8 Å². The van der Waals surface area contributed by atoms with Crippen molar-refractivity contribution >= 4 is 29.3 Å². The monoisotopic (exact) mass is 494 g/mol. The van der Waals surface area contributed by atoms with Gasteiger partial charge in [0.1, 0.15) is 11.5 Å². The highest BCUT2D eigenvalue weighted by molar-refractivity contribution is 7.99. The number of hydrogen-bond acceptors (Lipinski definition) is 6. The predicted octanol–water partition coefficient (Wildman–Crippen LogP) is 5.01. The number of methoxy groups -OCH3 is 2. The molecular formula is C25H23ClN4O3S. The Balaban J connectivity index is 1.58. The Hall–Kier alpha value is -3.49. The number of thioether (sulfide) groups is 1. The van der Waals surface area contributed by atoms with Gasteiger partial charge in [0.15, 0.2) is 11.0 Å². The summed E-state index contributed by atoms with van der Waals surface area (Å²) in [6, 6.07) is 22.6. The molecule has 7 nitrogen and oxygen atoms in total. The van der Waals surface area contributed by atoms with Gasteiger partial charge < -0.3 is 14.8 Å². The average Bonchev–Trinajstić information content (AvgIpc) is 3.30. The fourth-order valence-corrected chi connectivity index (χ4v) is 4.33. The number of ether oxygens (including phenoxy) is 2. The molecule has 4 rings (SSSR count). The maximum absolute atomic E-state index is 12.5. The quantitative estimate of drug-likeness (QED) is 0.329. The minimum absolute atomic E-state index is 0.131. The maximum Gasteiger partial charge on any atom is 0.230 e. The van der Waals surface area contributed by atoms with Crippen molar-refractivity contribution in [1.29, 1.82) is 0 Å². The molecule has 34 heavy (non-hydrogen) atoms. The summed E-state index contributed by atoms with van der Waals surface area (Å²) in [5.41, 5.74) is 2.50. The zero-order valence-electron chi connectivity index (χ0n) is 18.7. The van der Waals surface area contributed by atoms with Crippen molar-refractivity contribution < 1.29 is 14.3 Å². The van der Waals surface area contributed by atoms with Crippen LogP contribution in [-0.2, 0) is 11.3 Å². The molecule has 0 spiro atoms. The van der Waals surface area contributed by atoms with Crippen molar-refractivity contribution in [3.63, 3.8) is 0 Å². The summed E-state index contributed by atoms with van der Waals surface area (Å²) in [5.74, 6) is 2.07. The maximum atomic E-state index is 12.5. The van der Waals surface area contributed by atoms with Crippen LogP contribution in [-0.4, -0.2) is 40.6 Å². The molecule has 3 aromatic carbocycles. The molecule has 1 amide bonds. The molecule has 0 radical (unpaired) electrons. The van der Waals surface area contributed by atoms with Gasteiger partial charge in [-0.15, -0.1) is 10.2 Å². The third-order valence-electron chi connectivity index (χ3n) is 5.08. The Morgan fingerprint density at radius 2 is 1.71 bits per heavy atom. The van der Waals surface area contributed by atoms with E-state index >= 15 is 0 Å². The second kappa shape index (κ2) is 11.1. The average molecular weight is 495 g/mol. The van der Waals surface area contributed by atoms with Crippen LogP contribution >= 0.6 is 23.4 Å². The van der Waals surface area contributed by atoms with E-state index in [1.54, 1.807) is 20.3 Å². The van der Waals surface area contributed by atoms with Crippen LogP contribution in [0, 0.1) is 0 Å². The molecule has 4 aromatic rings. The highest BCUT2D eigenvalue weighted by Gasteiger charge is 2.20. The van der Waals surface area contributed by atoms with E-state index in [-0.39, 0.29) is 11.7 Å². The first-order chi connectivity index (χ1) is 16.6. The Labute approximate surface area is 207 Å². The topological polar surface area (TPSA) is 78.3 Å². The zero-order chi connectivity index (χ0) is 23.9. The van der Waals surface area contributed by atoms with E-state index in [1.165, 1.54) is 11.8 Å². The summed E-state index contributed by atoms with van der Waals surface area (Å²) in [6.45, 7) is 0.358. The normalized spacial score (nSPS) is 10.7. The lowest BCUT2D eigenvalue weighted by Gasteiger charge is -2.13. The van der Waals surface area contributed by atoms with Gasteiger partial charge in [-0.3, -0.25) is 9.36 Å². The predicted molar refractivity (Wildman–Crippen MR) is 134 cm³/mol.